The molecule has 3 aromatic carbocycles. The van der Waals surface area contributed by atoms with Crippen molar-refractivity contribution in [3.05, 3.63) is 102 Å². The van der Waals surface area contributed by atoms with Crippen LogP contribution >= 0.6 is 0 Å². The molecule has 0 aliphatic rings. The molecule has 5 heteroatoms. The summed E-state index contributed by atoms with van der Waals surface area (Å²) < 4.78 is 5.28. The Morgan fingerprint density at radius 3 is 2.12 bits per heavy atom. The lowest BCUT2D eigenvalue weighted by molar-refractivity contribution is -0.141. The van der Waals surface area contributed by atoms with E-state index in [-0.39, 0.29) is 18.2 Å². The van der Waals surface area contributed by atoms with Gasteiger partial charge in [-0.3, -0.25) is 9.59 Å². The van der Waals surface area contributed by atoms with Crippen molar-refractivity contribution in [1.29, 1.82) is 0 Å². The maximum Gasteiger partial charge on any atom is 0.247 e. The van der Waals surface area contributed by atoms with Crippen molar-refractivity contribution in [2.45, 2.75) is 45.2 Å². The SMILES string of the molecule is CCCCCNC(=O)[C@@H](c1ccccc1)N(Cc1ccc(OC)cc1)C(=O)Cc1ccccc1. The van der Waals surface area contributed by atoms with Crippen molar-refractivity contribution in [2.75, 3.05) is 13.7 Å². The predicted octanol–water partition coefficient (Wildman–Crippen LogP) is 5.31. The Kier molecular flexibility index (Phi) is 9.71. The highest BCUT2D eigenvalue weighted by Gasteiger charge is 2.31. The van der Waals surface area contributed by atoms with E-state index in [2.05, 4.69) is 12.2 Å². The highest BCUT2D eigenvalue weighted by molar-refractivity contribution is 5.89. The fourth-order valence-corrected chi connectivity index (χ4v) is 3.91. The second kappa shape index (κ2) is 13.2. The molecule has 2 amide bonds. The Morgan fingerprint density at radius 1 is 0.853 bits per heavy atom. The van der Waals surface area contributed by atoms with Gasteiger partial charge < -0.3 is 15.0 Å². The molecule has 0 saturated heterocycles. The number of rotatable bonds is 12. The molecule has 0 heterocycles. The number of nitrogens with one attached hydrogen (secondary N) is 1. The second-order valence-corrected chi connectivity index (χ2v) is 8.34. The zero-order valence-corrected chi connectivity index (χ0v) is 20.1. The van der Waals surface area contributed by atoms with Gasteiger partial charge in [0.05, 0.1) is 13.5 Å². The summed E-state index contributed by atoms with van der Waals surface area (Å²) >= 11 is 0. The molecule has 1 atom stereocenters. The van der Waals surface area contributed by atoms with E-state index in [1.54, 1.807) is 12.0 Å². The number of amides is 2. The van der Waals surface area contributed by atoms with Gasteiger partial charge in [0, 0.05) is 13.1 Å². The summed E-state index contributed by atoms with van der Waals surface area (Å²) in [4.78, 5) is 28.8. The molecule has 0 fully saturated rings. The first-order valence-electron chi connectivity index (χ1n) is 11.9. The highest BCUT2D eigenvalue weighted by atomic mass is 16.5. The quantitative estimate of drug-likeness (QED) is 0.374. The molecular formula is C29H34N2O3. The average Bonchev–Trinajstić information content (AvgIpc) is 2.88. The minimum absolute atomic E-state index is 0.0976. The van der Waals surface area contributed by atoms with Crippen LogP contribution in [-0.2, 0) is 22.6 Å². The van der Waals surface area contributed by atoms with Crippen LogP contribution < -0.4 is 10.1 Å². The van der Waals surface area contributed by atoms with Crippen LogP contribution in [-0.4, -0.2) is 30.4 Å². The van der Waals surface area contributed by atoms with Crippen molar-refractivity contribution in [2.24, 2.45) is 0 Å². The Bertz CT molecular complexity index is 1020. The summed E-state index contributed by atoms with van der Waals surface area (Å²) in [7, 11) is 1.62. The van der Waals surface area contributed by atoms with Crippen LogP contribution in [0.5, 0.6) is 5.75 Å². The third kappa shape index (κ3) is 7.20. The maximum absolute atomic E-state index is 13.7. The largest absolute Gasteiger partial charge is 0.497 e. The van der Waals surface area contributed by atoms with Gasteiger partial charge in [0.1, 0.15) is 11.8 Å². The molecule has 0 saturated carbocycles. The van der Waals surface area contributed by atoms with Crippen LogP contribution in [0.15, 0.2) is 84.9 Å². The zero-order chi connectivity index (χ0) is 24.2. The van der Waals surface area contributed by atoms with Gasteiger partial charge in [0.2, 0.25) is 11.8 Å². The van der Waals surface area contributed by atoms with Crippen LogP contribution in [0.4, 0.5) is 0 Å². The summed E-state index contributed by atoms with van der Waals surface area (Å²) in [5, 5.41) is 3.07. The van der Waals surface area contributed by atoms with Crippen LogP contribution in [0.25, 0.3) is 0 Å². The van der Waals surface area contributed by atoms with E-state index in [0.717, 1.165) is 41.7 Å². The molecule has 3 rings (SSSR count). The van der Waals surface area contributed by atoms with Crippen molar-refractivity contribution in [3.8, 4) is 5.75 Å². The summed E-state index contributed by atoms with van der Waals surface area (Å²) in [6, 6.07) is 26.1. The lowest BCUT2D eigenvalue weighted by Gasteiger charge is -2.32. The second-order valence-electron chi connectivity index (χ2n) is 8.34. The fourth-order valence-electron chi connectivity index (χ4n) is 3.91. The number of unbranched alkanes of at least 4 members (excludes halogenated alkanes) is 2. The van der Waals surface area contributed by atoms with Gasteiger partial charge in [0.25, 0.3) is 0 Å². The lowest BCUT2D eigenvalue weighted by atomic mass is 10.0. The standard InChI is InChI=1S/C29H34N2O3/c1-3-4-11-20-30-29(33)28(25-14-9-6-10-15-25)31(22-24-16-18-26(34-2)19-17-24)27(32)21-23-12-7-5-8-13-23/h5-10,12-19,28H,3-4,11,20-22H2,1-2H3,(H,30,33)/t28-/m1/s1. The minimum Gasteiger partial charge on any atom is -0.497 e. The van der Waals surface area contributed by atoms with E-state index in [1.807, 2.05) is 84.9 Å². The van der Waals surface area contributed by atoms with E-state index in [4.69, 9.17) is 4.74 Å². The minimum atomic E-state index is -0.721. The average molecular weight is 459 g/mol. The van der Waals surface area contributed by atoms with E-state index in [1.165, 1.54) is 0 Å². The molecule has 0 aliphatic heterocycles. The van der Waals surface area contributed by atoms with Gasteiger partial charge >= 0.3 is 0 Å². The maximum atomic E-state index is 13.7. The zero-order valence-electron chi connectivity index (χ0n) is 20.1. The topological polar surface area (TPSA) is 58.6 Å². The molecule has 0 bridgehead atoms. The normalized spacial score (nSPS) is 11.5. The number of nitrogens with zero attached hydrogens (tertiary/aromatic N) is 1. The van der Waals surface area contributed by atoms with Gasteiger partial charge in [-0.2, -0.15) is 0 Å². The number of methoxy groups -OCH3 is 1. The number of hydrogen-bond donors (Lipinski definition) is 1. The van der Waals surface area contributed by atoms with Crippen molar-refractivity contribution in [1.82, 2.24) is 10.2 Å². The number of hydrogen-bond acceptors (Lipinski definition) is 3. The summed E-state index contributed by atoms with van der Waals surface area (Å²) in [6.07, 6.45) is 3.28. The first kappa shape index (κ1) is 25.0. The monoisotopic (exact) mass is 458 g/mol. The van der Waals surface area contributed by atoms with Crippen molar-refractivity contribution >= 4 is 11.8 Å². The van der Waals surface area contributed by atoms with Gasteiger partial charge in [-0.05, 0) is 35.2 Å². The first-order valence-corrected chi connectivity index (χ1v) is 11.9. The molecule has 5 nitrogen and oxygen atoms in total. The molecule has 34 heavy (non-hydrogen) atoms. The molecule has 178 valence electrons. The van der Waals surface area contributed by atoms with E-state index in [9.17, 15) is 9.59 Å². The van der Waals surface area contributed by atoms with Gasteiger partial charge in [-0.25, -0.2) is 0 Å². The molecular weight excluding hydrogens is 424 g/mol. The predicted molar refractivity (Wildman–Crippen MR) is 135 cm³/mol. The summed E-state index contributed by atoms with van der Waals surface area (Å²) in [5.41, 5.74) is 2.65. The van der Waals surface area contributed by atoms with E-state index >= 15 is 0 Å². The number of carbonyl (C=O) groups is 2. The highest BCUT2D eigenvalue weighted by Crippen LogP contribution is 2.25. The molecule has 0 spiro atoms. The van der Waals surface area contributed by atoms with E-state index in [0.29, 0.717) is 13.1 Å². The van der Waals surface area contributed by atoms with Gasteiger partial charge in [-0.1, -0.05) is 92.6 Å². The molecule has 0 radical (unpaired) electrons. The van der Waals surface area contributed by atoms with Gasteiger partial charge in [-0.15, -0.1) is 0 Å². The Labute approximate surface area is 202 Å². The van der Waals surface area contributed by atoms with Crippen molar-refractivity contribution < 1.29 is 14.3 Å². The Balaban J connectivity index is 1.93. The molecule has 1 N–H and O–H groups in total. The third-order valence-electron chi connectivity index (χ3n) is 5.79. The number of benzene rings is 3. The lowest BCUT2D eigenvalue weighted by Crippen LogP contribution is -2.44. The Hall–Kier alpha value is -3.60. The summed E-state index contributed by atoms with van der Waals surface area (Å²) in [6.45, 7) is 3.05. The van der Waals surface area contributed by atoms with Crippen LogP contribution in [0.2, 0.25) is 0 Å². The van der Waals surface area contributed by atoms with Crippen LogP contribution in [0, 0.1) is 0 Å². The molecule has 0 unspecified atom stereocenters. The smallest absolute Gasteiger partial charge is 0.247 e. The van der Waals surface area contributed by atoms with Gasteiger partial charge in [0.15, 0.2) is 0 Å². The van der Waals surface area contributed by atoms with Crippen LogP contribution in [0.3, 0.4) is 0 Å². The number of carbonyl (C=O) groups excluding carboxylic acids is 2. The van der Waals surface area contributed by atoms with E-state index < -0.39 is 6.04 Å². The fraction of sp³-hybridized carbons (Fsp3) is 0.310. The third-order valence-corrected chi connectivity index (χ3v) is 5.79. The number of ether oxygens (including phenoxy) is 1. The molecule has 3 aromatic rings. The first-order chi connectivity index (χ1) is 16.6. The van der Waals surface area contributed by atoms with Crippen molar-refractivity contribution in [3.63, 3.8) is 0 Å². The summed E-state index contributed by atoms with van der Waals surface area (Å²) in [5.74, 6) is 0.496. The molecule has 0 aliphatic carbocycles. The molecule has 0 aromatic heterocycles. The Morgan fingerprint density at radius 2 is 1.50 bits per heavy atom. The van der Waals surface area contributed by atoms with Crippen LogP contribution in [0.1, 0.15) is 48.9 Å².